The van der Waals surface area contributed by atoms with Gasteiger partial charge in [-0.15, -0.1) is 0 Å². The lowest BCUT2D eigenvalue weighted by Crippen LogP contribution is -2.33. The molecule has 0 fully saturated rings. The summed E-state index contributed by atoms with van der Waals surface area (Å²) in [6.07, 6.45) is -1.40. The minimum Gasteiger partial charge on any atom is -0.444 e. The first-order chi connectivity index (χ1) is 9.19. The first-order valence-corrected chi connectivity index (χ1v) is 6.29. The molecule has 0 aliphatic rings. The SMILES string of the molecule is CC(C)(C)OC(=O)NCCC(O)c1ccc(F)c(F)c1. The molecule has 0 heterocycles. The van der Waals surface area contributed by atoms with Crippen LogP contribution >= 0.6 is 0 Å². The van der Waals surface area contributed by atoms with Crippen molar-refractivity contribution in [1.29, 1.82) is 0 Å². The molecule has 0 bridgehead atoms. The Morgan fingerprint density at radius 2 is 2.00 bits per heavy atom. The molecule has 0 aromatic heterocycles. The van der Waals surface area contributed by atoms with Crippen LogP contribution in [0.25, 0.3) is 0 Å². The molecule has 20 heavy (non-hydrogen) atoms. The van der Waals surface area contributed by atoms with Crippen LogP contribution in [0.5, 0.6) is 0 Å². The molecule has 112 valence electrons. The molecule has 0 saturated carbocycles. The van der Waals surface area contributed by atoms with Gasteiger partial charge in [-0.3, -0.25) is 0 Å². The molecule has 1 aromatic carbocycles. The van der Waals surface area contributed by atoms with Gasteiger partial charge in [-0.2, -0.15) is 0 Å². The van der Waals surface area contributed by atoms with Gasteiger partial charge in [-0.05, 0) is 44.9 Å². The fourth-order valence-corrected chi connectivity index (χ4v) is 1.51. The molecule has 0 radical (unpaired) electrons. The van der Waals surface area contributed by atoms with Crippen LogP contribution in [0.4, 0.5) is 13.6 Å². The number of hydrogen-bond acceptors (Lipinski definition) is 3. The molecule has 1 aromatic rings. The number of alkyl carbamates (subject to hydrolysis) is 1. The van der Waals surface area contributed by atoms with E-state index in [0.29, 0.717) is 0 Å². The van der Waals surface area contributed by atoms with Crippen LogP contribution in [-0.2, 0) is 4.74 Å². The predicted molar refractivity (Wildman–Crippen MR) is 70.2 cm³/mol. The zero-order valence-corrected chi connectivity index (χ0v) is 11.7. The monoisotopic (exact) mass is 287 g/mol. The zero-order chi connectivity index (χ0) is 15.3. The minimum atomic E-state index is -1.01. The predicted octanol–water partition coefficient (Wildman–Crippen LogP) is 2.91. The van der Waals surface area contributed by atoms with Gasteiger partial charge in [-0.1, -0.05) is 6.07 Å². The van der Waals surface area contributed by atoms with E-state index in [2.05, 4.69) is 5.32 Å². The summed E-state index contributed by atoms with van der Waals surface area (Å²) in [7, 11) is 0. The minimum absolute atomic E-state index is 0.162. The summed E-state index contributed by atoms with van der Waals surface area (Å²) in [6, 6.07) is 3.19. The average Bonchev–Trinajstić information content (AvgIpc) is 2.30. The highest BCUT2D eigenvalue weighted by Crippen LogP contribution is 2.18. The van der Waals surface area contributed by atoms with Gasteiger partial charge in [0.2, 0.25) is 0 Å². The van der Waals surface area contributed by atoms with Crippen molar-refractivity contribution >= 4 is 6.09 Å². The van der Waals surface area contributed by atoms with Crippen LogP contribution in [0.3, 0.4) is 0 Å². The Morgan fingerprint density at radius 3 is 2.55 bits per heavy atom. The van der Waals surface area contributed by atoms with Gasteiger partial charge in [-0.25, -0.2) is 13.6 Å². The summed E-state index contributed by atoms with van der Waals surface area (Å²) >= 11 is 0. The Bertz CT molecular complexity index is 472. The highest BCUT2D eigenvalue weighted by Gasteiger charge is 2.16. The molecule has 1 rings (SSSR count). The number of aliphatic hydroxyl groups is 1. The number of benzene rings is 1. The summed E-state index contributed by atoms with van der Waals surface area (Å²) < 4.78 is 30.8. The second-order valence-corrected chi connectivity index (χ2v) is 5.41. The van der Waals surface area contributed by atoms with E-state index < -0.39 is 29.4 Å². The lowest BCUT2D eigenvalue weighted by molar-refractivity contribution is 0.0518. The maximum Gasteiger partial charge on any atom is 0.407 e. The van der Waals surface area contributed by atoms with E-state index >= 15 is 0 Å². The van der Waals surface area contributed by atoms with Crippen LogP contribution < -0.4 is 5.32 Å². The van der Waals surface area contributed by atoms with Gasteiger partial charge in [0.05, 0.1) is 6.10 Å². The second-order valence-electron chi connectivity index (χ2n) is 5.41. The molecule has 1 unspecified atom stereocenters. The molecule has 0 spiro atoms. The average molecular weight is 287 g/mol. The number of amides is 1. The van der Waals surface area contributed by atoms with Crippen molar-refractivity contribution in [3.05, 3.63) is 35.4 Å². The molecule has 0 saturated heterocycles. The number of aliphatic hydroxyl groups excluding tert-OH is 1. The number of rotatable bonds is 4. The van der Waals surface area contributed by atoms with E-state index in [9.17, 15) is 18.7 Å². The standard InChI is InChI=1S/C14H19F2NO3/c1-14(2,3)20-13(19)17-7-6-12(18)9-4-5-10(15)11(16)8-9/h4-5,8,12,18H,6-7H2,1-3H3,(H,17,19). The third kappa shape index (κ3) is 5.52. The lowest BCUT2D eigenvalue weighted by atomic mass is 10.1. The summed E-state index contributed by atoms with van der Waals surface area (Å²) in [5.41, 5.74) is -0.335. The van der Waals surface area contributed by atoms with Crippen molar-refractivity contribution in [2.75, 3.05) is 6.54 Å². The summed E-state index contributed by atoms with van der Waals surface area (Å²) in [5.74, 6) is -1.98. The van der Waals surface area contributed by atoms with Crippen molar-refractivity contribution in [2.45, 2.75) is 38.9 Å². The number of hydrogen-bond donors (Lipinski definition) is 2. The summed E-state index contributed by atoms with van der Waals surface area (Å²) in [5, 5.41) is 12.3. The molecule has 2 N–H and O–H groups in total. The van der Waals surface area contributed by atoms with Gasteiger partial charge < -0.3 is 15.2 Å². The van der Waals surface area contributed by atoms with Crippen molar-refractivity contribution < 1.29 is 23.4 Å². The number of carbonyl (C=O) groups excluding carboxylic acids is 1. The Kier molecular flexibility index (Phi) is 5.44. The Balaban J connectivity index is 2.42. The normalized spacial score (nSPS) is 12.9. The smallest absolute Gasteiger partial charge is 0.407 e. The Hall–Kier alpha value is -1.69. The second kappa shape index (κ2) is 6.65. The van der Waals surface area contributed by atoms with Crippen molar-refractivity contribution in [3.8, 4) is 0 Å². The lowest BCUT2D eigenvalue weighted by Gasteiger charge is -2.20. The largest absolute Gasteiger partial charge is 0.444 e. The summed E-state index contributed by atoms with van der Waals surface area (Å²) in [6.45, 7) is 5.38. The molecule has 4 nitrogen and oxygen atoms in total. The van der Waals surface area contributed by atoms with E-state index in [1.165, 1.54) is 6.07 Å². The van der Waals surface area contributed by atoms with Gasteiger partial charge in [0.1, 0.15) is 5.60 Å². The maximum atomic E-state index is 13.0. The molecule has 0 aliphatic carbocycles. The third-order valence-electron chi connectivity index (χ3n) is 2.41. The first-order valence-electron chi connectivity index (χ1n) is 6.29. The topological polar surface area (TPSA) is 58.6 Å². The first kappa shape index (κ1) is 16.4. The maximum absolute atomic E-state index is 13.0. The van der Waals surface area contributed by atoms with Crippen LogP contribution in [0.2, 0.25) is 0 Å². The van der Waals surface area contributed by atoms with Crippen molar-refractivity contribution in [2.24, 2.45) is 0 Å². The number of carbonyl (C=O) groups is 1. The fourth-order valence-electron chi connectivity index (χ4n) is 1.51. The zero-order valence-electron chi connectivity index (χ0n) is 11.7. The van der Waals surface area contributed by atoms with Crippen molar-refractivity contribution in [1.82, 2.24) is 5.32 Å². The molecule has 0 aliphatic heterocycles. The quantitative estimate of drug-likeness (QED) is 0.895. The van der Waals surface area contributed by atoms with Gasteiger partial charge in [0, 0.05) is 6.54 Å². The van der Waals surface area contributed by atoms with Gasteiger partial charge >= 0.3 is 6.09 Å². The molecule has 1 atom stereocenters. The third-order valence-corrected chi connectivity index (χ3v) is 2.41. The molecule has 1 amide bonds. The summed E-state index contributed by atoms with van der Waals surface area (Å²) in [4.78, 5) is 11.4. The van der Waals surface area contributed by atoms with Crippen LogP contribution in [0.15, 0.2) is 18.2 Å². The van der Waals surface area contributed by atoms with E-state index in [1.807, 2.05) is 0 Å². The van der Waals surface area contributed by atoms with E-state index in [-0.39, 0.29) is 18.5 Å². The number of ether oxygens (including phenoxy) is 1. The Labute approximate surface area is 116 Å². The van der Waals surface area contributed by atoms with Gasteiger partial charge in [0.25, 0.3) is 0 Å². The van der Waals surface area contributed by atoms with Crippen LogP contribution in [0, 0.1) is 11.6 Å². The number of halogens is 2. The van der Waals surface area contributed by atoms with Gasteiger partial charge in [0.15, 0.2) is 11.6 Å². The highest BCUT2D eigenvalue weighted by molar-refractivity contribution is 5.67. The fraction of sp³-hybridized carbons (Fsp3) is 0.500. The van der Waals surface area contributed by atoms with E-state index in [4.69, 9.17) is 4.74 Å². The van der Waals surface area contributed by atoms with Crippen molar-refractivity contribution in [3.63, 3.8) is 0 Å². The van der Waals surface area contributed by atoms with E-state index in [1.54, 1.807) is 20.8 Å². The molecule has 6 heteroatoms. The Morgan fingerprint density at radius 1 is 1.35 bits per heavy atom. The molecular formula is C14H19F2NO3. The van der Waals surface area contributed by atoms with Crippen LogP contribution in [-0.4, -0.2) is 23.3 Å². The van der Waals surface area contributed by atoms with E-state index in [0.717, 1.165) is 12.1 Å². The van der Waals surface area contributed by atoms with Crippen LogP contribution in [0.1, 0.15) is 38.9 Å². The highest BCUT2D eigenvalue weighted by atomic mass is 19.2. The number of nitrogens with one attached hydrogen (secondary N) is 1. The molecular weight excluding hydrogens is 268 g/mol.